The standard InChI is InChI=1S/C26H22N8O2/c1-17(31-25(35)23-24(27)29-13-12-28-23)22-14-21-11-10-20(9-8-18-15-30-32(2)16-18)33(21)26(36)34(22)19-6-4-3-5-7-19/h3-7,10-17H,1-2H3,(H2,27,29)(H,31,35)/t17-/m1/s1. The molecule has 4 heterocycles. The van der Waals surface area contributed by atoms with Crippen LogP contribution in [0.2, 0.25) is 0 Å². The minimum atomic E-state index is -0.559. The maximum atomic E-state index is 13.8. The molecule has 4 aromatic heterocycles. The van der Waals surface area contributed by atoms with Gasteiger partial charge in [0.2, 0.25) is 0 Å². The van der Waals surface area contributed by atoms with Crippen LogP contribution in [0.25, 0.3) is 11.2 Å². The van der Waals surface area contributed by atoms with Gasteiger partial charge in [0.1, 0.15) is 5.69 Å². The van der Waals surface area contributed by atoms with E-state index in [-0.39, 0.29) is 17.2 Å². The highest BCUT2D eigenvalue weighted by atomic mass is 16.2. The summed E-state index contributed by atoms with van der Waals surface area (Å²) < 4.78 is 4.78. The van der Waals surface area contributed by atoms with Crippen LogP contribution >= 0.6 is 0 Å². The monoisotopic (exact) mass is 478 g/mol. The second-order valence-electron chi connectivity index (χ2n) is 8.14. The largest absolute Gasteiger partial charge is 0.382 e. The molecule has 5 aromatic rings. The Morgan fingerprint density at radius 2 is 1.86 bits per heavy atom. The number of aryl methyl sites for hydroxylation is 1. The van der Waals surface area contributed by atoms with E-state index in [9.17, 15) is 9.59 Å². The van der Waals surface area contributed by atoms with Crippen molar-refractivity contribution in [1.29, 1.82) is 0 Å². The Morgan fingerprint density at radius 3 is 2.58 bits per heavy atom. The number of hydrogen-bond acceptors (Lipinski definition) is 6. The van der Waals surface area contributed by atoms with E-state index in [1.807, 2.05) is 49.5 Å². The number of anilines is 1. The fraction of sp³-hybridized carbons (Fsp3) is 0.115. The molecule has 10 nitrogen and oxygen atoms in total. The number of benzene rings is 1. The third-order valence-corrected chi connectivity index (χ3v) is 5.63. The molecule has 1 amide bonds. The molecule has 0 aliphatic rings. The maximum absolute atomic E-state index is 13.8. The van der Waals surface area contributed by atoms with Gasteiger partial charge in [0, 0.05) is 25.6 Å². The Bertz CT molecular complexity index is 1700. The number of nitrogen functional groups attached to an aromatic ring is 1. The zero-order valence-corrected chi connectivity index (χ0v) is 19.6. The summed E-state index contributed by atoms with van der Waals surface area (Å²) in [7, 11) is 1.82. The predicted octanol–water partition coefficient (Wildman–Crippen LogP) is 2.09. The average Bonchev–Trinajstić information content (AvgIpc) is 3.49. The molecule has 178 valence electrons. The Balaban J connectivity index is 1.62. The van der Waals surface area contributed by atoms with Crippen molar-refractivity contribution in [2.45, 2.75) is 13.0 Å². The Morgan fingerprint density at radius 1 is 1.08 bits per heavy atom. The number of hydrogen-bond donors (Lipinski definition) is 2. The summed E-state index contributed by atoms with van der Waals surface area (Å²) in [4.78, 5) is 34.7. The van der Waals surface area contributed by atoms with Gasteiger partial charge in [-0.1, -0.05) is 24.1 Å². The van der Waals surface area contributed by atoms with E-state index in [0.717, 1.165) is 5.56 Å². The number of nitrogens with zero attached hydrogens (tertiary/aromatic N) is 6. The fourth-order valence-electron chi connectivity index (χ4n) is 3.94. The molecule has 0 saturated carbocycles. The van der Waals surface area contributed by atoms with E-state index in [1.165, 1.54) is 12.4 Å². The smallest absolute Gasteiger partial charge is 0.338 e. The second-order valence-corrected chi connectivity index (χ2v) is 8.14. The lowest BCUT2D eigenvalue weighted by Crippen LogP contribution is -2.35. The Hall–Kier alpha value is -5.17. The minimum Gasteiger partial charge on any atom is -0.382 e. The highest BCUT2D eigenvalue weighted by molar-refractivity contribution is 5.96. The number of amides is 1. The Kier molecular flexibility index (Phi) is 5.80. The summed E-state index contributed by atoms with van der Waals surface area (Å²) in [6, 6.07) is 14.1. The lowest BCUT2D eigenvalue weighted by atomic mass is 10.1. The Labute approximate surface area is 206 Å². The number of nitrogens with one attached hydrogen (secondary N) is 1. The summed E-state index contributed by atoms with van der Waals surface area (Å²) in [5.74, 6) is 5.66. The van der Waals surface area contributed by atoms with Gasteiger partial charge in [-0.2, -0.15) is 5.10 Å². The van der Waals surface area contributed by atoms with Crippen LogP contribution in [-0.4, -0.2) is 34.6 Å². The third-order valence-electron chi connectivity index (χ3n) is 5.63. The van der Waals surface area contributed by atoms with Crippen molar-refractivity contribution in [2.75, 3.05) is 5.73 Å². The summed E-state index contributed by atoms with van der Waals surface area (Å²) in [6.45, 7) is 1.79. The van der Waals surface area contributed by atoms with Gasteiger partial charge in [0.05, 0.1) is 34.7 Å². The maximum Gasteiger partial charge on any atom is 0.338 e. The number of rotatable bonds is 4. The van der Waals surface area contributed by atoms with Crippen LogP contribution in [0, 0.1) is 11.8 Å². The first-order valence-electron chi connectivity index (χ1n) is 11.1. The molecular weight excluding hydrogens is 456 g/mol. The molecule has 5 rings (SSSR count). The molecule has 0 radical (unpaired) electrons. The van der Waals surface area contributed by atoms with Crippen LogP contribution in [0.15, 0.2) is 78.1 Å². The molecule has 0 bridgehead atoms. The molecule has 0 unspecified atom stereocenters. The summed E-state index contributed by atoms with van der Waals surface area (Å²) >= 11 is 0. The van der Waals surface area contributed by atoms with Crippen molar-refractivity contribution in [3.05, 3.63) is 106 Å². The zero-order chi connectivity index (χ0) is 25.2. The first kappa shape index (κ1) is 22.6. The number of para-hydroxylation sites is 1. The van der Waals surface area contributed by atoms with Crippen LogP contribution in [-0.2, 0) is 7.05 Å². The number of carbonyl (C=O) groups is 1. The topological polar surface area (TPSA) is 125 Å². The molecule has 1 aromatic carbocycles. The average molecular weight is 479 g/mol. The van der Waals surface area contributed by atoms with E-state index in [4.69, 9.17) is 5.73 Å². The molecule has 0 aliphatic heterocycles. The molecule has 10 heteroatoms. The first-order chi connectivity index (χ1) is 17.4. The van der Waals surface area contributed by atoms with E-state index in [2.05, 4.69) is 32.2 Å². The summed E-state index contributed by atoms with van der Waals surface area (Å²) in [5, 5.41) is 7.01. The van der Waals surface area contributed by atoms with E-state index in [0.29, 0.717) is 22.6 Å². The van der Waals surface area contributed by atoms with Crippen LogP contribution in [0.4, 0.5) is 5.82 Å². The van der Waals surface area contributed by atoms with E-state index < -0.39 is 11.9 Å². The molecule has 3 N–H and O–H groups in total. The van der Waals surface area contributed by atoms with E-state index in [1.54, 1.807) is 39.0 Å². The molecule has 1 atom stereocenters. The van der Waals surface area contributed by atoms with Crippen molar-refractivity contribution in [3.63, 3.8) is 0 Å². The molecule has 0 spiro atoms. The lowest BCUT2D eigenvalue weighted by molar-refractivity contribution is 0.0934. The van der Waals surface area contributed by atoms with Gasteiger partial charge < -0.3 is 11.1 Å². The van der Waals surface area contributed by atoms with Gasteiger partial charge in [0.15, 0.2) is 11.5 Å². The number of nitrogens with two attached hydrogens (primary N) is 1. The molecule has 0 aliphatic carbocycles. The van der Waals surface area contributed by atoms with Gasteiger partial charge in [-0.05, 0) is 43.2 Å². The van der Waals surface area contributed by atoms with Crippen molar-refractivity contribution in [2.24, 2.45) is 7.05 Å². The number of carbonyl (C=O) groups excluding carboxylic acids is 1. The van der Waals surface area contributed by atoms with Crippen molar-refractivity contribution in [1.82, 2.24) is 34.0 Å². The predicted molar refractivity (Wildman–Crippen MR) is 135 cm³/mol. The van der Waals surface area contributed by atoms with Gasteiger partial charge in [0.25, 0.3) is 5.91 Å². The van der Waals surface area contributed by atoms with Gasteiger partial charge >= 0.3 is 5.69 Å². The summed E-state index contributed by atoms with van der Waals surface area (Å²) in [5.41, 5.74) is 8.70. The van der Waals surface area contributed by atoms with E-state index >= 15 is 0 Å². The van der Waals surface area contributed by atoms with Gasteiger partial charge in [-0.25, -0.2) is 14.8 Å². The first-order valence-corrected chi connectivity index (χ1v) is 11.1. The minimum absolute atomic E-state index is 0.0229. The lowest BCUT2D eigenvalue weighted by Gasteiger charge is -2.20. The number of fused-ring (bicyclic) bond motifs is 1. The molecular formula is C26H22N8O2. The third kappa shape index (κ3) is 4.21. The van der Waals surface area contributed by atoms with Crippen LogP contribution in [0.5, 0.6) is 0 Å². The normalized spacial score (nSPS) is 11.6. The van der Waals surface area contributed by atoms with Gasteiger partial charge in [-0.15, -0.1) is 0 Å². The van der Waals surface area contributed by atoms with Crippen LogP contribution in [0.3, 0.4) is 0 Å². The quantitative estimate of drug-likeness (QED) is 0.381. The molecule has 0 fully saturated rings. The fourth-order valence-corrected chi connectivity index (χ4v) is 3.94. The zero-order valence-electron chi connectivity index (χ0n) is 19.6. The van der Waals surface area contributed by atoms with Crippen molar-refractivity contribution >= 4 is 17.2 Å². The highest BCUT2D eigenvalue weighted by Gasteiger charge is 2.21. The summed E-state index contributed by atoms with van der Waals surface area (Å²) in [6.07, 6.45) is 6.28. The second kappa shape index (κ2) is 9.23. The van der Waals surface area contributed by atoms with Crippen LogP contribution in [0.1, 0.15) is 40.4 Å². The number of aromatic nitrogens is 6. The van der Waals surface area contributed by atoms with Crippen molar-refractivity contribution < 1.29 is 4.79 Å². The SMILES string of the molecule is C[C@@H](NC(=O)c1nccnc1N)c1cc2ccc(C#Cc3cnn(C)c3)n2c(=O)n1-c1ccccc1. The van der Waals surface area contributed by atoms with Crippen LogP contribution < -0.4 is 16.7 Å². The molecule has 36 heavy (non-hydrogen) atoms. The van der Waals surface area contributed by atoms with Crippen molar-refractivity contribution in [3.8, 4) is 17.5 Å². The molecule has 0 saturated heterocycles. The van der Waals surface area contributed by atoms with Gasteiger partial charge in [-0.3, -0.25) is 18.4 Å². The highest BCUT2D eigenvalue weighted by Crippen LogP contribution is 2.20.